The molecule has 194 valence electrons. The number of carbonyl (C=O) groups excluding carboxylic acids is 2. The first-order valence-corrected chi connectivity index (χ1v) is 13.7. The average Bonchev–Trinajstić information content (AvgIpc) is 3.49. The van der Waals surface area contributed by atoms with Gasteiger partial charge in [0.25, 0.3) is 5.91 Å². The summed E-state index contributed by atoms with van der Waals surface area (Å²) in [7, 11) is -3.55. The molecule has 0 radical (unpaired) electrons. The third kappa shape index (κ3) is 5.27. The normalized spacial score (nSPS) is 14.8. The number of para-hydroxylation sites is 1. The second kappa shape index (κ2) is 10.7. The largest absolute Gasteiger partial charge is 0.449 e. The Morgan fingerprint density at radius 1 is 0.947 bits per heavy atom. The number of esters is 1. The van der Waals surface area contributed by atoms with Crippen LogP contribution >= 0.6 is 0 Å². The van der Waals surface area contributed by atoms with Crippen molar-refractivity contribution in [2.75, 3.05) is 18.4 Å². The van der Waals surface area contributed by atoms with Gasteiger partial charge in [-0.05, 0) is 68.3 Å². The Hall–Kier alpha value is -4.15. The quantitative estimate of drug-likeness (QED) is 0.355. The Labute approximate surface area is 220 Å². The van der Waals surface area contributed by atoms with Gasteiger partial charge >= 0.3 is 5.97 Å². The van der Waals surface area contributed by atoms with Crippen molar-refractivity contribution >= 4 is 38.5 Å². The minimum absolute atomic E-state index is 0.171. The van der Waals surface area contributed by atoms with Crippen molar-refractivity contribution < 1.29 is 22.7 Å². The van der Waals surface area contributed by atoms with Crippen molar-refractivity contribution in [2.45, 2.75) is 30.8 Å². The highest BCUT2D eigenvalue weighted by atomic mass is 32.2. The van der Waals surface area contributed by atoms with E-state index in [0.717, 1.165) is 12.8 Å². The number of fused-ring (bicyclic) bond motifs is 1. The van der Waals surface area contributed by atoms with E-state index in [2.05, 4.69) is 15.3 Å². The predicted molar refractivity (Wildman–Crippen MR) is 143 cm³/mol. The van der Waals surface area contributed by atoms with Crippen LogP contribution in [0.15, 0.2) is 83.9 Å². The van der Waals surface area contributed by atoms with Gasteiger partial charge in [-0.3, -0.25) is 9.78 Å². The smallest absolute Gasteiger partial charge is 0.339 e. The highest BCUT2D eigenvalue weighted by molar-refractivity contribution is 7.89. The number of amides is 1. The van der Waals surface area contributed by atoms with Gasteiger partial charge in [0.2, 0.25) is 10.0 Å². The molecule has 0 bridgehead atoms. The van der Waals surface area contributed by atoms with Crippen molar-refractivity contribution in [3.05, 3.63) is 84.6 Å². The van der Waals surface area contributed by atoms with Crippen molar-refractivity contribution in [1.82, 2.24) is 14.3 Å². The molecule has 0 spiro atoms. The zero-order valence-electron chi connectivity index (χ0n) is 20.7. The van der Waals surface area contributed by atoms with E-state index in [1.807, 2.05) is 12.1 Å². The molecule has 9 nitrogen and oxygen atoms in total. The molecule has 1 aliphatic heterocycles. The number of ether oxygens (including phenoxy) is 1. The summed E-state index contributed by atoms with van der Waals surface area (Å²) in [4.78, 5) is 35.1. The summed E-state index contributed by atoms with van der Waals surface area (Å²) in [5.41, 5.74) is 2.38. The first kappa shape index (κ1) is 25.5. The van der Waals surface area contributed by atoms with Gasteiger partial charge in [0.15, 0.2) is 6.10 Å². The molecule has 1 N–H and O–H groups in total. The lowest BCUT2D eigenvalue weighted by molar-refractivity contribution is -0.123. The molecule has 5 rings (SSSR count). The molecule has 3 heterocycles. The van der Waals surface area contributed by atoms with Crippen molar-refractivity contribution in [2.24, 2.45) is 0 Å². The van der Waals surface area contributed by atoms with Crippen LogP contribution in [-0.2, 0) is 19.6 Å². The second-order valence-electron chi connectivity index (χ2n) is 8.96. The summed E-state index contributed by atoms with van der Waals surface area (Å²) in [6.07, 6.45) is 2.24. The molecule has 10 heteroatoms. The summed E-state index contributed by atoms with van der Waals surface area (Å²) in [6, 6.07) is 20.2. The molecular formula is C28H26N4O5S. The monoisotopic (exact) mass is 530 g/mol. The second-order valence-corrected chi connectivity index (χ2v) is 10.9. The number of benzene rings is 2. The molecule has 1 amide bonds. The molecule has 1 unspecified atom stereocenters. The molecule has 1 fully saturated rings. The molecule has 4 aromatic rings. The SMILES string of the molecule is CC(OC(=O)c1cc(-c2ccccn2)nc2ccccc12)C(=O)Nc1ccc(S(=O)(=O)N2CCCC2)cc1. The van der Waals surface area contributed by atoms with Crippen LogP contribution in [0.2, 0.25) is 0 Å². The minimum Gasteiger partial charge on any atom is -0.449 e. The number of anilines is 1. The van der Waals surface area contributed by atoms with Gasteiger partial charge in [-0.2, -0.15) is 4.31 Å². The standard InChI is InChI=1S/C28H26N4O5S/c1-19(27(33)30-20-11-13-21(14-12-20)38(35,36)32-16-6-7-17-32)37-28(34)23-18-26(25-10-4-5-15-29-25)31-24-9-3-2-8-22(23)24/h2-5,8-15,18-19H,6-7,16-17H2,1H3,(H,30,33). The number of nitrogens with one attached hydrogen (secondary N) is 1. The van der Waals surface area contributed by atoms with E-state index in [0.29, 0.717) is 41.1 Å². The lowest BCUT2D eigenvalue weighted by atomic mass is 10.1. The van der Waals surface area contributed by atoms with E-state index >= 15 is 0 Å². The van der Waals surface area contributed by atoms with E-state index in [4.69, 9.17) is 4.74 Å². The Morgan fingerprint density at radius 2 is 1.66 bits per heavy atom. The third-order valence-corrected chi connectivity index (χ3v) is 8.25. The van der Waals surface area contributed by atoms with Crippen molar-refractivity contribution in [3.8, 4) is 11.4 Å². The lowest BCUT2D eigenvalue weighted by Gasteiger charge is -2.17. The maximum absolute atomic E-state index is 13.2. The maximum Gasteiger partial charge on any atom is 0.339 e. The molecule has 1 aliphatic rings. The van der Waals surface area contributed by atoms with E-state index in [-0.39, 0.29) is 10.5 Å². The third-order valence-electron chi connectivity index (χ3n) is 6.34. The van der Waals surface area contributed by atoms with E-state index < -0.39 is 28.0 Å². The zero-order valence-corrected chi connectivity index (χ0v) is 21.5. The molecule has 2 aromatic heterocycles. The summed E-state index contributed by atoms with van der Waals surface area (Å²) in [5.74, 6) is -1.22. The topological polar surface area (TPSA) is 119 Å². The Kier molecular flexibility index (Phi) is 7.17. The molecule has 1 atom stereocenters. The van der Waals surface area contributed by atoms with E-state index in [1.54, 1.807) is 42.6 Å². The fraction of sp³-hybridized carbons (Fsp3) is 0.214. The molecule has 0 saturated carbocycles. The fourth-order valence-corrected chi connectivity index (χ4v) is 5.82. The number of aromatic nitrogens is 2. The summed E-state index contributed by atoms with van der Waals surface area (Å²) in [5, 5.41) is 3.27. The maximum atomic E-state index is 13.2. The Balaban J connectivity index is 1.30. The van der Waals surface area contributed by atoms with Gasteiger partial charge in [0.1, 0.15) is 0 Å². The van der Waals surface area contributed by atoms with Crippen LogP contribution in [0.3, 0.4) is 0 Å². The van der Waals surface area contributed by atoms with Crippen LogP contribution in [0.5, 0.6) is 0 Å². The van der Waals surface area contributed by atoms with Gasteiger partial charge in [0.05, 0.1) is 27.4 Å². The summed E-state index contributed by atoms with van der Waals surface area (Å²) >= 11 is 0. The molecule has 38 heavy (non-hydrogen) atoms. The van der Waals surface area contributed by atoms with Crippen molar-refractivity contribution in [3.63, 3.8) is 0 Å². The average molecular weight is 531 g/mol. The number of nitrogens with zero attached hydrogens (tertiary/aromatic N) is 3. The first-order chi connectivity index (χ1) is 18.3. The van der Waals surface area contributed by atoms with Gasteiger partial charge in [-0.15, -0.1) is 0 Å². The molecular weight excluding hydrogens is 504 g/mol. The van der Waals surface area contributed by atoms with Crippen LogP contribution in [0.1, 0.15) is 30.1 Å². The highest BCUT2D eigenvalue weighted by Crippen LogP contribution is 2.25. The summed E-state index contributed by atoms with van der Waals surface area (Å²) < 4.78 is 32.4. The molecule has 2 aromatic carbocycles. The predicted octanol–water partition coefficient (Wildman–Crippen LogP) is 4.27. The Morgan fingerprint density at radius 3 is 2.37 bits per heavy atom. The van der Waals surface area contributed by atoms with Gasteiger partial charge in [0, 0.05) is 30.4 Å². The van der Waals surface area contributed by atoms with E-state index in [9.17, 15) is 18.0 Å². The van der Waals surface area contributed by atoms with Gasteiger partial charge in [-0.25, -0.2) is 18.2 Å². The highest BCUT2D eigenvalue weighted by Gasteiger charge is 2.27. The fourth-order valence-electron chi connectivity index (χ4n) is 4.30. The number of sulfonamides is 1. The minimum atomic E-state index is -3.55. The number of rotatable bonds is 7. The first-order valence-electron chi connectivity index (χ1n) is 12.3. The van der Waals surface area contributed by atoms with Crippen LogP contribution in [0.4, 0.5) is 5.69 Å². The lowest BCUT2D eigenvalue weighted by Crippen LogP contribution is -2.30. The van der Waals surface area contributed by atoms with E-state index in [1.165, 1.54) is 35.5 Å². The Bertz CT molecular complexity index is 1590. The summed E-state index contributed by atoms with van der Waals surface area (Å²) in [6.45, 7) is 2.50. The van der Waals surface area contributed by atoms with Crippen LogP contribution in [0.25, 0.3) is 22.3 Å². The molecule has 0 aliphatic carbocycles. The van der Waals surface area contributed by atoms with Crippen molar-refractivity contribution in [1.29, 1.82) is 0 Å². The number of carbonyl (C=O) groups is 2. The number of hydrogen-bond donors (Lipinski definition) is 1. The number of pyridine rings is 2. The van der Waals surface area contributed by atoms with Crippen LogP contribution in [0, 0.1) is 0 Å². The zero-order chi connectivity index (χ0) is 26.7. The van der Waals surface area contributed by atoms with Crippen LogP contribution in [-0.4, -0.2) is 53.8 Å². The van der Waals surface area contributed by atoms with Gasteiger partial charge < -0.3 is 10.1 Å². The number of hydrogen-bond acceptors (Lipinski definition) is 7. The van der Waals surface area contributed by atoms with Gasteiger partial charge in [-0.1, -0.05) is 24.3 Å². The van der Waals surface area contributed by atoms with Crippen LogP contribution < -0.4 is 5.32 Å². The molecule has 1 saturated heterocycles.